The fourth-order valence-electron chi connectivity index (χ4n) is 5.43. The molecule has 3 amide bonds. The van der Waals surface area contributed by atoms with Crippen molar-refractivity contribution in [1.29, 1.82) is 0 Å². The van der Waals surface area contributed by atoms with Crippen LogP contribution in [0, 0.1) is 0 Å². The Morgan fingerprint density at radius 2 is 1.33 bits per heavy atom. The molecule has 1 aliphatic rings. The SMILES string of the molecule is CC(=O)NC1C(OC(C)=O)[C@@H](OC(C)=O)C(COC(C)=O)O[C@H]1OCCCCC(=O)NCCCN(CCCNCCCN)C(=O)CCCCOOC(C)=O. The molecule has 1 saturated heterocycles. The van der Waals surface area contributed by atoms with Gasteiger partial charge in [0.15, 0.2) is 18.5 Å². The van der Waals surface area contributed by atoms with E-state index in [-0.39, 0.29) is 38.1 Å². The lowest BCUT2D eigenvalue weighted by atomic mass is 9.96. The number of ether oxygens (including phenoxy) is 5. The first-order valence-electron chi connectivity index (χ1n) is 18.5. The molecule has 0 aromatic rings. The van der Waals surface area contributed by atoms with Crippen LogP contribution in [0.15, 0.2) is 0 Å². The van der Waals surface area contributed by atoms with Crippen molar-refractivity contribution in [3.05, 3.63) is 0 Å². The quantitative estimate of drug-likeness (QED) is 0.0272. The van der Waals surface area contributed by atoms with Crippen LogP contribution in [0.5, 0.6) is 0 Å². The van der Waals surface area contributed by atoms with Crippen molar-refractivity contribution >= 4 is 41.6 Å². The van der Waals surface area contributed by atoms with E-state index >= 15 is 0 Å². The zero-order chi connectivity index (χ0) is 40.3. The molecule has 1 rings (SSSR count). The highest BCUT2D eigenvalue weighted by Gasteiger charge is 2.51. The van der Waals surface area contributed by atoms with E-state index in [4.69, 9.17) is 34.3 Å². The van der Waals surface area contributed by atoms with E-state index in [2.05, 4.69) is 20.8 Å². The maximum absolute atomic E-state index is 12.9. The summed E-state index contributed by atoms with van der Waals surface area (Å²) < 4.78 is 27.8. The molecule has 19 nitrogen and oxygen atoms in total. The number of hydrogen-bond donors (Lipinski definition) is 4. The minimum atomic E-state index is -1.22. The summed E-state index contributed by atoms with van der Waals surface area (Å²) in [7, 11) is 0. The van der Waals surface area contributed by atoms with Crippen molar-refractivity contribution in [3.8, 4) is 0 Å². The van der Waals surface area contributed by atoms with Gasteiger partial charge in [-0.2, -0.15) is 4.89 Å². The molecular weight excluding hydrogens is 714 g/mol. The molecule has 5 N–H and O–H groups in total. The summed E-state index contributed by atoms with van der Waals surface area (Å²) in [5, 5.41) is 8.83. The van der Waals surface area contributed by atoms with Gasteiger partial charge in [0.05, 0.1) is 6.61 Å². The van der Waals surface area contributed by atoms with E-state index in [1.807, 2.05) is 0 Å². The number of nitrogens with one attached hydrogen (secondary N) is 3. The molecule has 3 unspecified atom stereocenters. The molecule has 0 spiro atoms. The van der Waals surface area contributed by atoms with Gasteiger partial charge in [-0.1, -0.05) is 0 Å². The van der Waals surface area contributed by atoms with Crippen LogP contribution in [0.1, 0.15) is 92.4 Å². The number of nitrogens with two attached hydrogens (primary N) is 1. The number of esters is 3. The molecule has 19 heteroatoms. The number of unbranched alkanes of at least 4 members (excludes halogenated alkanes) is 2. The first-order chi connectivity index (χ1) is 25.7. The molecule has 310 valence electrons. The van der Waals surface area contributed by atoms with Crippen molar-refractivity contribution in [2.45, 2.75) is 123 Å². The highest BCUT2D eigenvalue weighted by molar-refractivity contribution is 5.76. The van der Waals surface area contributed by atoms with Crippen molar-refractivity contribution in [2.24, 2.45) is 5.73 Å². The molecule has 0 radical (unpaired) electrons. The predicted molar refractivity (Wildman–Crippen MR) is 191 cm³/mol. The Morgan fingerprint density at radius 3 is 1.96 bits per heavy atom. The van der Waals surface area contributed by atoms with Crippen LogP contribution in [-0.4, -0.2) is 136 Å². The second kappa shape index (κ2) is 28.5. The van der Waals surface area contributed by atoms with Crippen molar-refractivity contribution in [1.82, 2.24) is 20.9 Å². The summed E-state index contributed by atoms with van der Waals surface area (Å²) in [4.78, 5) is 94.9. The smallest absolute Gasteiger partial charge is 0.339 e. The summed E-state index contributed by atoms with van der Waals surface area (Å²) in [6.07, 6.45) is 0.0169. The van der Waals surface area contributed by atoms with E-state index in [9.17, 15) is 33.6 Å². The standard InChI is InChI=1S/C35H61N5O14/c1-24(41)39-32-34(52-27(4)44)33(51-26(3)43)29(23-49-25(2)42)53-35(32)48-21-8-6-13-30(46)38-18-12-20-40(19-11-17-37-16-10-15-36)31(47)14-7-9-22-50-54-28(5)45/h29,32-35,37H,6-23,36H2,1-5H3,(H,38,46)(H,39,41)/t29?,32?,33-,34?,35+/m0/s1. The molecule has 5 atom stereocenters. The zero-order valence-corrected chi connectivity index (χ0v) is 32.4. The maximum atomic E-state index is 12.9. The van der Waals surface area contributed by atoms with Gasteiger partial charge in [0.25, 0.3) is 0 Å². The second-order valence-electron chi connectivity index (χ2n) is 12.7. The van der Waals surface area contributed by atoms with Crippen molar-refractivity contribution in [3.63, 3.8) is 0 Å². The second-order valence-corrected chi connectivity index (χ2v) is 12.7. The monoisotopic (exact) mass is 775 g/mol. The Kier molecular flexibility index (Phi) is 25.4. The van der Waals surface area contributed by atoms with E-state index in [0.717, 1.165) is 39.8 Å². The third-order valence-electron chi connectivity index (χ3n) is 7.82. The van der Waals surface area contributed by atoms with Crippen LogP contribution in [-0.2, 0) is 67.0 Å². The highest BCUT2D eigenvalue weighted by atomic mass is 17.2. The lowest BCUT2D eigenvalue weighted by Gasteiger charge is -2.44. The van der Waals surface area contributed by atoms with Gasteiger partial charge in [0, 0.05) is 73.7 Å². The van der Waals surface area contributed by atoms with Crippen LogP contribution >= 0.6 is 0 Å². The van der Waals surface area contributed by atoms with Crippen molar-refractivity contribution in [2.75, 3.05) is 59.1 Å². The third-order valence-corrected chi connectivity index (χ3v) is 7.82. The molecule has 0 bridgehead atoms. The van der Waals surface area contributed by atoms with Gasteiger partial charge in [-0.3, -0.25) is 33.7 Å². The number of carbonyl (C=O) groups is 7. The fraction of sp³-hybridized carbons (Fsp3) is 0.800. The van der Waals surface area contributed by atoms with Gasteiger partial charge < -0.3 is 50.3 Å². The maximum Gasteiger partial charge on any atom is 0.339 e. The van der Waals surface area contributed by atoms with Gasteiger partial charge in [-0.15, -0.1) is 0 Å². The fourth-order valence-corrected chi connectivity index (χ4v) is 5.43. The summed E-state index contributed by atoms with van der Waals surface area (Å²) in [5.41, 5.74) is 5.54. The Bertz CT molecular complexity index is 1180. The van der Waals surface area contributed by atoms with E-state index in [0.29, 0.717) is 64.7 Å². The summed E-state index contributed by atoms with van der Waals surface area (Å²) in [6, 6.07) is -1.08. The molecule has 54 heavy (non-hydrogen) atoms. The molecular formula is C35H61N5O14. The largest absolute Gasteiger partial charge is 0.463 e. The van der Waals surface area contributed by atoms with E-state index in [1.165, 1.54) is 20.8 Å². The Balaban J connectivity index is 2.64. The van der Waals surface area contributed by atoms with Crippen LogP contribution in [0.4, 0.5) is 0 Å². The molecule has 1 heterocycles. The Morgan fingerprint density at radius 1 is 0.704 bits per heavy atom. The van der Waals surface area contributed by atoms with Crippen LogP contribution in [0.3, 0.4) is 0 Å². The molecule has 0 aromatic heterocycles. The topological polar surface area (TPSA) is 249 Å². The van der Waals surface area contributed by atoms with E-state index < -0.39 is 60.4 Å². The van der Waals surface area contributed by atoms with Gasteiger partial charge in [0.2, 0.25) is 17.7 Å². The number of carbonyl (C=O) groups excluding carboxylic acids is 7. The minimum absolute atomic E-state index is 0.00256. The highest BCUT2D eigenvalue weighted by Crippen LogP contribution is 2.28. The zero-order valence-electron chi connectivity index (χ0n) is 32.4. The summed E-state index contributed by atoms with van der Waals surface area (Å²) in [6.45, 7) is 9.52. The van der Waals surface area contributed by atoms with Crippen LogP contribution < -0.4 is 21.7 Å². The third kappa shape index (κ3) is 22.3. The van der Waals surface area contributed by atoms with Gasteiger partial charge in [-0.25, -0.2) is 4.79 Å². The molecule has 1 fully saturated rings. The van der Waals surface area contributed by atoms with Crippen LogP contribution in [0.2, 0.25) is 0 Å². The average Bonchev–Trinajstić information content (AvgIpc) is 3.09. The van der Waals surface area contributed by atoms with Gasteiger partial charge in [-0.05, 0) is 64.6 Å². The van der Waals surface area contributed by atoms with Gasteiger partial charge in [0.1, 0.15) is 18.8 Å². The van der Waals surface area contributed by atoms with Crippen LogP contribution in [0.25, 0.3) is 0 Å². The van der Waals surface area contributed by atoms with E-state index in [1.54, 1.807) is 4.90 Å². The Hall–Kier alpha value is -3.91. The number of hydrogen-bond acceptors (Lipinski definition) is 16. The first kappa shape index (κ1) is 48.1. The summed E-state index contributed by atoms with van der Waals surface area (Å²) >= 11 is 0. The minimum Gasteiger partial charge on any atom is -0.463 e. The lowest BCUT2D eigenvalue weighted by molar-refractivity contribution is -0.277. The molecule has 0 aliphatic carbocycles. The number of amides is 3. The first-order valence-corrected chi connectivity index (χ1v) is 18.5. The van der Waals surface area contributed by atoms with Crippen molar-refractivity contribution < 1.29 is 67.0 Å². The Labute approximate surface area is 317 Å². The van der Waals surface area contributed by atoms with Gasteiger partial charge >= 0.3 is 23.9 Å². The number of rotatable bonds is 28. The molecule has 0 saturated carbocycles. The number of nitrogens with zero attached hydrogens (tertiary/aromatic N) is 1. The molecule has 0 aromatic carbocycles. The lowest BCUT2D eigenvalue weighted by Crippen LogP contribution is -2.66. The molecule has 1 aliphatic heterocycles. The normalized spacial score (nSPS) is 19.3. The summed E-state index contributed by atoms with van der Waals surface area (Å²) in [5.74, 6) is -3.24. The predicted octanol–water partition coefficient (Wildman–Crippen LogP) is 0.158. The average molecular weight is 776 g/mol.